The summed E-state index contributed by atoms with van der Waals surface area (Å²) in [5.74, 6) is -0.221. The van der Waals surface area contributed by atoms with Crippen LogP contribution in [0.2, 0.25) is 5.02 Å². The average molecular weight is 383 g/mol. The van der Waals surface area contributed by atoms with Gasteiger partial charge in [0, 0.05) is 20.7 Å². The Morgan fingerprint density at radius 2 is 2.14 bits per heavy atom. The number of hydrogen-bond acceptors (Lipinski definition) is 4. The van der Waals surface area contributed by atoms with Gasteiger partial charge < -0.3 is 11.1 Å². The van der Waals surface area contributed by atoms with Crippen LogP contribution in [0, 0.1) is 0 Å². The summed E-state index contributed by atoms with van der Waals surface area (Å²) in [6, 6.07) is 10.4. The van der Waals surface area contributed by atoms with Gasteiger partial charge >= 0.3 is 0 Å². The average Bonchev–Trinajstić information content (AvgIpc) is 2.80. The predicted molar refractivity (Wildman–Crippen MR) is 91.1 cm³/mol. The van der Waals surface area contributed by atoms with E-state index in [0.29, 0.717) is 21.4 Å². The number of carbonyl (C=O) groups excluding carboxylic acids is 1. The number of halogens is 2. The minimum absolute atomic E-state index is 0.221. The maximum absolute atomic E-state index is 12.2. The zero-order chi connectivity index (χ0) is 15.0. The van der Waals surface area contributed by atoms with Crippen LogP contribution in [0.4, 0.5) is 10.8 Å². The standard InChI is InChI=1S/C14H9BrClN3OS/c15-10-5-9(6-11-12(10)19-14(17)21-11)18-13(20)7-2-1-3-8(16)4-7/h1-6H,(H2,17,19)(H,18,20). The van der Waals surface area contributed by atoms with E-state index in [1.165, 1.54) is 11.3 Å². The first-order chi connectivity index (χ1) is 10.0. The molecule has 0 fully saturated rings. The first-order valence-corrected chi connectivity index (χ1v) is 7.94. The molecule has 7 heteroatoms. The van der Waals surface area contributed by atoms with Crippen molar-refractivity contribution >= 4 is 65.8 Å². The Morgan fingerprint density at radius 1 is 1.33 bits per heavy atom. The van der Waals surface area contributed by atoms with E-state index in [1.807, 2.05) is 6.07 Å². The van der Waals surface area contributed by atoms with Crippen molar-refractivity contribution in [2.24, 2.45) is 0 Å². The van der Waals surface area contributed by atoms with Crippen LogP contribution in [0.3, 0.4) is 0 Å². The van der Waals surface area contributed by atoms with Gasteiger partial charge in [-0.05, 0) is 46.3 Å². The van der Waals surface area contributed by atoms with Gasteiger partial charge in [0.15, 0.2) is 5.13 Å². The zero-order valence-electron chi connectivity index (χ0n) is 10.6. The SMILES string of the molecule is Nc1nc2c(Br)cc(NC(=O)c3cccc(Cl)c3)cc2s1. The lowest BCUT2D eigenvalue weighted by Gasteiger charge is -2.06. The molecule has 1 amide bonds. The fourth-order valence-electron chi connectivity index (χ4n) is 1.91. The number of aromatic nitrogens is 1. The van der Waals surface area contributed by atoms with Crippen LogP contribution in [-0.2, 0) is 0 Å². The summed E-state index contributed by atoms with van der Waals surface area (Å²) < 4.78 is 1.69. The Hall–Kier alpha value is -1.63. The van der Waals surface area contributed by atoms with E-state index in [0.717, 1.165) is 14.7 Å². The summed E-state index contributed by atoms with van der Waals surface area (Å²) in [5.41, 5.74) is 7.66. The highest BCUT2D eigenvalue weighted by Gasteiger charge is 2.11. The second-order valence-corrected chi connectivity index (χ2v) is 6.67. The van der Waals surface area contributed by atoms with Gasteiger partial charge in [-0.2, -0.15) is 0 Å². The summed E-state index contributed by atoms with van der Waals surface area (Å²) in [7, 11) is 0. The first-order valence-electron chi connectivity index (χ1n) is 5.95. The summed E-state index contributed by atoms with van der Waals surface area (Å²) in [6.07, 6.45) is 0. The van der Waals surface area contributed by atoms with Gasteiger partial charge in [-0.1, -0.05) is 29.0 Å². The molecule has 2 aromatic carbocycles. The number of nitrogens with one attached hydrogen (secondary N) is 1. The maximum atomic E-state index is 12.2. The summed E-state index contributed by atoms with van der Waals surface area (Å²) in [6.45, 7) is 0. The monoisotopic (exact) mass is 381 g/mol. The third-order valence-corrected chi connectivity index (χ3v) is 4.48. The molecule has 4 nitrogen and oxygen atoms in total. The Labute approximate surface area is 138 Å². The lowest BCUT2D eigenvalue weighted by molar-refractivity contribution is 0.102. The van der Waals surface area contributed by atoms with E-state index in [1.54, 1.807) is 30.3 Å². The molecule has 0 atom stereocenters. The van der Waals surface area contributed by atoms with Crippen molar-refractivity contribution in [3.8, 4) is 0 Å². The number of nitrogen functional groups attached to an aromatic ring is 1. The highest BCUT2D eigenvalue weighted by molar-refractivity contribution is 9.10. The van der Waals surface area contributed by atoms with Gasteiger partial charge in [0.05, 0.1) is 10.2 Å². The number of carbonyl (C=O) groups is 1. The predicted octanol–water partition coefficient (Wildman–Crippen LogP) is 4.55. The molecule has 3 rings (SSSR count). The van der Waals surface area contributed by atoms with E-state index < -0.39 is 0 Å². The number of hydrogen-bond donors (Lipinski definition) is 2. The quantitative estimate of drug-likeness (QED) is 0.683. The Balaban J connectivity index is 1.92. The summed E-state index contributed by atoms with van der Waals surface area (Å²) in [5, 5.41) is 3.85. The van der Waals surface area contributed by atoms with Crippen molar-refractivity contribution < 1.29 is 4.79 Å². The smallest absolute Gasteiger partial charge is 0.255 e. The molecular weight excluding hydrogens is 374 g/mol. The van der Waals surface area contributed by atoms with Crippen molar-refractivity contribution in [1.82, 2.24) is 4.98 Å². The summed E-state index contributed by atoms with van der Waals surface area (Å²) >= 11 is 10.7. The number of thiazole rings is 1. The molecule has 0 saturated carbocycles. The molecule has 3 N–H and O–H groups in total. The summed E-state index contributed by atoms with van der Waals surface area (Å²) in [4.78, 5) is 16.4. The number of nitrogens with zero attached hydrogens (tertiary/aromatic N) is 1. The van der Waals surface area contributed by atoms with Crippen LogP contribution < -0.4 is 11.1 Å². The number of anilines is 2. The van der Waals surface area contributed by atoms with Crippen LogP contribution in [0.15, 0.2) is 40.9 Å². The van der Waals surface area contributed by atoms with Crippen molar-refractivity contribution in [3.05, 3.63) is 51.5 Å². The number of fused-ring (bicyclic) bond motifs is 1. The van der Waals surface area contributed by atoms with Crippen LogP contribution in [-0.4, -0.2) is 10.9 Å². The number of nitrogens with two attached hydrogens (primary N) is 1. The molecule has 0 radical (unpaired) electrons. The van der Waals surface area contributed by atoms with Crippen molar-refractivity contribution in [3.63, 3.8) is 0 Å². The minimum Gasteiger partial charge on any atom is -0.375 e. The lowest BCUT2D eigenvalue weighted by Crippen LogP contribution is -2.11. The van der Waals surface area contributed by atoms with Gasteiger partial charge in [0.25, 0.3) is 5.91 Å². The molecule has 3 aromatic rings. The van der Waals surface area contributed by atoms with Crippen LogP contribution in [0.25, 0.3) is 10.2 Å². The Morgan fingerprint density at radius 3 is 2.90 bits per heavy atom. The van der Waals surface area contributed by atoms with Gasteiger partial charge in [0.2, 0.25) is 0 Å². The van der Waals surface area contributed by atoms with Gasteiger partial charge in [-0.3, -0.25) is 4.79 Å². The topological polar surface area (TPSA) is 68.0 Å². The molecule has 0 aliphatic carbocycles. The fraction of sp³-hybridized carbons (Fsp3) is 0. The van der Waals surface area contributed by atoms with Crippen molar-refractivity contribution in [2.75, 3.05) is 11.1 Å². The second-order valence-electron chi connectivity index (χ2n) is 4.32. The van der Waals surface area contributed by atoms with Crippen LogP contribution in [0.5, 0.6) is 0 Å². The highest BCUT2D eigenvalue weighted by atomic mass is 79.9. The normalized spacial score (nSPS) is 10.8. The molecule has 1 aromatic heterocycles. The van der Waals surface area contributed by atoms with E-state index in [2.05, 4.69) is 26.2 Å². The van der Waals surface area contributed by atoms with Gasteiger partial charge in [-0.15, -0.1) is 0 Å². The van der Waals surface area contributed by atoms with Gasteiger partial charge in [-0.25, -0.2) is 4.98 Å². The van der Waals surface area contributed by atoms with E-state index in [4.69, 9.17) is 17.3 Å². The maximum Gasteiger partial charge on any atom is 0.255 e. The molecular formula is C14H9BrClN3OS. The fourth-order valence-corrected chi connectivity index (χ4v) is 3.58. The molecule has 0 aliphatic rings. The van der Waals surface area contributed by atoms with Crippen molar-refractivity contribution in [1.29, 1.82) is 0 Å². The van der Waals surface area contributed by atoms with E-state index in [9.17, 15) is 4.79 Å². The number of amides is 1. The first kappa shape index (κ1) is 14.3. The molecule has 106 valence electrons. The number of rotatable bonds is 2. The van der Waals surface area contributed by atoms with E-state index in [-0.39, 0.29) is 5.91 Å². The molecule has 0 spiro atoms. The molecule has 0 unspecified atom stereocenters. The highest BCUT2D eigenvalue weighted by Crippen LogP contribution is 2.33. The molecule has 0 bridgehead atoms. The third kappa shape index (κ3) is 3.02. The molecule has 21 heavy (non-hydrogen) atoms. The molecule has 0 saturated heterocycles. The largest absolute Gasteiger partial charge is 0.375 e. The number of benzene rings is 2. The molecule has 1 heterocycles. The van der Waals surface area contributed by atoms with Crippen LogP contribution in [0.1, 0.15) is 10.4 Å². The van der Waals surface area contributed by atoms with E-state index >= 15 is 0 Å². The molecule has 0 aliphatic heterocycles. The van der Waals surface area contributed by atoms with Crippen molar-refractivity contribution in [2.45, 2.75) is 0 Å². The minimum atomic E-state index is -0.221. The van der Waals surface area contributed by atoms with Crippen LogP contribution >= 0.6 is 38.9 Å². The lowest BCUT2D eigenvalue weighted by atomic mass is 10.2. The third-order valence-electron chi connectivity index (χ3n) is 2.81. The second kappa shape index (κ2) is 5.63. The Bertz CT molecular complexity index is 849. The zero-order valence-corrected chi connectivity index (χ0v) is 13.7. The Kier molecular flexibility index (Phi) is 3.84. The van der Waals surface area contributed by atoms with Gasteiger partial charge in [0.1, 0.15) is 0 Å².